The van der Waals surface area contributed by atoms with Crippen LogP contribution in [0.1, 0.15) is 15.9 Å². The number of H-pyrrole nitrogens is 1. The summed E-state index contributed by atoms with van der Waals surface area (Å²) in [5.41, 5.74) is 7.31. The van der Waals surface area contributed by atoms with E-state index in [1.54, 1.807) is 30.3 Å². The lowest BCUT2D eigenvalue weighted by atomic mass is 10.1. The Morgan fingerprint density at radius 1 is 1.13 bits per heavy atom. The summed E-state index contributed by atoms with van der Waals surface area (Å²) in [6, 6.07) is 12.3. The van der Waals surface area contributed by atoms with Gasteiger partial charge in [-0.05, 0) is 43.3 Å². The molecule has 0 atom stereocenters. The first-order chi connectivity index (χ1) is 11.0. The molecule has 3 aromatic rings. The van der Waals surface area contributed by atoms with Crippen LogP contribution in [0.15, 0.2) is 53.5 Å². The van der Waals surface area contributed by atoms with Crippen LogP contribution in [0.5, 0.6) is 0 Å². The molecule has 0 saturated carbocycles. The van der Waals surface area contributed by atoms with Gasteiger partial charge in [-0.15, -0.1) is 0 Å². The number of carbonyl (C=O) groups is 1. The maximum absolute atomic E-state index is 12.5. The third-order valence-corrected chi connectivity index (χ3v) is 3.70. The van der Waals surface area contributed by atoms with E-state index in [1.165, 1.54) is 6.20 Å². The van der Waals surface area contributed by atoms with Crippen LogP contribution in [0.2, 0.25) is 5.02 Å². The number of nitrogens with one attached hydrogen (secondary N) is 3. The first kappa shape index (κ1) is 15.1. The molecule has 0 aliphatic heterocycles. The number of halogens is 1. The highest BCUT2D eigenvalue weighted by Gasteiger charge is 2.12. The predicted octanol–water partition coefficient (Wildman–Crippen LogP) is 3.25. The Morgan fingerprint density at radius 3 is 2.61 bits per heavy atom. The summed E-state index contributed by atoms with van der Waals surface area (Å²) in [4.78, 5) is 27.6. The van der Waals surface area contributed by atoms with Crippen LogP contribution in [0.25, 0.3) is 10.9 Å². The largest absolute Gasteiger partial charge is 0.360 e. The van der Waals surface area contributed by atoms with Gasteiger partial charge in [0.2, 0.25) is 5.43 Å². The van der Waals surface area contributed by atoms with E-state index in [-0.39, 0.29) is 11.0 Å². The van der Waals surface area contributed by atoms with Crippen LogP contribution in [-0.2, 0) is 0 Å². The lowest BCUT2D eigenvalue weighted by Crippen LogP contribution is -2.33. The zero-order valence-corrected chi connectivity index (χ0v) is 13.1. The van der Waals surface area contributed by atoms with Crippen LogP contribution >= 0.6 is 11.6 Å². The van der Waals surface area contributed by atoms with Crippen molar-refractivity contribution in [1.82, 2.24) is 10.4 Å². The summed E-state index contributed by atoms with van der Waals surface area (Å²) < 4.78 is 0. The van der Waals surface area contributed by atoms with Crippen LogP contribution in [0.3, 0.4) is 0 Å². The maximum Gasteiger partial charge on any atom is 0.275 e. The lowest BCUT2D eigenvalue weighted by Gasteiger charge is -2.09. The number of anilines is 1. The zero-order valence-electron chi connectivity index (χ0n) is 12.3. The van der Waals surface area contributed by atoms with Crippen molar-refractivity contribution in [2.75, 3.05) is 5.43 Å². The molecule has 3 N–H and O–H groups in total. The van der Waals surface area contributed by atoms with Crippen LogP contribution in [-0.4, -0.2) is 10.9 Å². The average Bonchev–Trinajstić information content (AvgIpc) is 2.55. The molecule has 1 amide bonds. The number of benzene rings is 2. The molecular weight excluding hydrogens is 314 g/mol. The number of hydrazine groups is 1. The second-order valence-electron chi connectivity index (χ2n) is 5.17. The van der Waals surface area contributed by atoms with Gasteiger partial charge in [-0.25, -0.2) is 0 Å². The summed E-state index contributed by atoms with van der Waals surface area (Å²) in [6.07, 6.45) is 1.42. The Labute approximate surface area is 137 Å². The summed E-state index contributed by atoms with van der Waals surface area (Å²) in [6.45, 7) is 1.90. The van der Waals surface area contributed by atoms with E-state index in [2.05, 4.69) is 15.8 Å². The monoisotopic (exact) mass is 327 g/mol. The Balaban J connectivity index is 1.84. The Kier molecular flexibility index (Phi) is 4.04. The molecule has 1 heterocycles. The highest BCUT2D eigenvalue weighted by atomic mass is 35.5. The molecule has 0 spiro atoms. The smallest absolute Gasteiger partial charge is 0.275 e. The number of hydrogen-bond acceptors (Lipinski definition) is 3. The molecule has 0 unspecified atom stereocenters. The van der Waals surface area contributed by atoms with Crippen LogP contribution in [0.4, 0.5) is 5.69 Å². The highest BCUT2D eigenvalue weighted by Crippen LogP contribution is 2.13. The van der Waals surface area contributed by atoms with Crippen molar-refractivity contribution in [3.05, 3.63) is 75.0 Å². The Bertz CT molecular complexity index is 933. The third-order valence-electron chi connectivity index (χ3n) is 3.45. The minimum atomic E-state index is -0.510. The summed E-state index contributed by atoms with van der Waals surface area (Å²) in [5.74, 6) is -0.510. The van der Waals surface area contributed by atoms with E-state index in [0.717, 1.165) is 5.56 Å². The summed E-state index contributed by atoms with van der Waals surface area (Å²) in [7, 11) is 0. The van der Waals surface area contributed by atoms with Gasteiger partial charge < -0.3 is 4.98 Å². The van der Waals surface area contributed by atoms with E-state index < -0.39 is 5.91 Å². The molecule has 0 radical (unpaired) electrons. The number of rotatable bonds is 3. The van der Waals surface area contributed by atoms with Crippen molar-refractivity contribution < 1.29 is 4.79 Å². The van der Waals surface area contributed by atoms with Crippen molar-refractivity contribution in [2.24, 2.45) is 0 Å². The van der Waals surface area contributed by atoms with Crippen molar-refractivity contribution in [3.8, 4) is 0 Å². The number of aryl methyl sites for hydroxylation is 1. The normalized spacial score (nSPS) is 10.5. The Hall–Kier alpha value is -2.79. The number of fused-ring (bicyclic) bond motifs is 1. The number of aromatic amines is 1. The molecule has 6 heteroatoms. The van der Waals surface area contributed by atoms with Gasteiger partial charge in [0, 0.05) is 22.1 Å². The number of aromatic nitrogens is 1. The molecule has 3 rings (SSSR count). The molecular formula is C17H14ClN3O2. The van der Waals surface area contributed by atoms with Gasteiger partial charge in [-0.2, -0.15) is 0 Å². The third kappa shape index (κ3) is 3.19. The van der Waals surface area contributed by atoms with Crippen molar-refractivity contribution in [2.45, 2.75) is 6.92 Å². The van der Waals surface area contributed by atoms with Crippen LogP contribution < -0.4 is 16.3 Å². The summed E-state index contributed by atoms with van der Waals surface area (Å²) in [5, 5.41) is 1.09. The van der Waals surface area contributed by atoms with Gasteiger partial charge >= 0.3 is 0 Å². The lowest BCUT2D eigenvalue weighted by molar-refractivity contribution is 0.0961. The fraction of sp³-hybridized carbons (Fsp3) is 0.0588. The zero-order chi connectivity index (χ0) is 16.4. The molecule has 0 bridgehead atoms. The SMILES string of the molecule is Cc1ccc2[nH]cc(C(=O)NNc3ccc(Cl)cc3)c(=O)c2c1. The van der Waals surface area contributed by atoms with Crippen molar-refractivity contribution in [1.29, 1.82) is 0 Å². The molecule has 116 valence electrons. The minimum absolute atomic E-state index is 0.0459. The van der Waals surface area contributed by atoms with Gasteiger partial charge in [0.1, 0.15) is 5.56 Å². The van der Waals surface area contributed by atoms with Crippen molar-refractivity contribution in [3.63, 3.8) is 0 Å². The predicted molar refractivity (Wildman–Crippen MR) is 91.8 cm³/mol. The molecule has 23 heavy (non-hydrogen) atoms. The average molecular weight is 328 g/mol. The van der Waals surface area contributed by atoms with Gasteiger partial charge in [-0.1, -0.05) is 23.2 Å². The van der Waals surface area contributed by atoms with Crippen LogP contribution in [0, 0.1) is 6.92 Å². The first-order valence-electron chi connectivity index (χ1n) is 6.98. The Morgan fingerprint density at radius 2 is 1.87 bits per heavy atom. The number of amides is 1. The van der Waals surface area contributed by atoms with E-state index in [1.807, 2.05) is 19.1 Å². The van der Waals surface area contributed by atoms with Gasteiger partial charge in [0.25, 0.3) is 5.91 Å². The molecule has 5 nitrogen and oxygen atoms in total. The summed E-state index contributed by atoms with van der Waals surface area (Å²) >= 11 is 5.80. The topological polar surface area (TPSA) is 74.0 Å². The molecule has 0 fully saturated rings. The fourth-order valence-electron chi connectivity index (χ4n) is 2.23. The number of pyridine rings is 1. The second-order valence-corrected chi connectivity index (χ2v) is 5.60. The molecule has 0 aliphatic rings. The van der Waals surface area contributed by atoms with Gasteiger partial charge in [-0.3, -0.25) is 20.4 Å². The molecule has 0 aliphatic carbocycles. The maximum atomic E-state index is 12.5. The molecule has 0 saturated heterocycles. The first-order valence-corrected chi connectivity index (χ1v) is 7.36. The van der Waals surface area contributed by atoms with Gasteiger partial charge in [0.05, 0.1) is 5.69 Å². The molecule has 2 aromatic carbocycles. The number of carbonyl (C=O) groups excluding carboxylic acids is 1. The molecule has 1 aromatic heterocycles. The standard InChI is InChI=1S/C17H14ClN3O2/c1-10-2-7-15-13(8-10)16(22)14(9-19-15)17(23)21-20-12-5-3-11(18)4-6-12/h2-9,20H,1H3,(H,19,22)(H,21,23). The highest BCUT2D eigenvalue weighted by molar-refractivity contribution is 6.30. The second kappa shape index (κ2) is 6.14. The van der Waals surface area contributed by atoms with Crippen molar-refractivity contribution >= 4 is 34.1 Å². The van der Waals surface area contributed by atoms with E-state index in [4.69, 9.17) is 11.6 Å². The van der Waals surface area contributed by atoms with E-state index in [0.29, 0.717) is 21.6 Å². The van der Waals surface area contributed by atoms with E-state index >= 15 is 0 Å². The fourth-order valence-corrected chi connectivity index (χ4v) is 2.36. The van der Waals surface area contributed by atoms with Gasteiger partial charge in [0.15, 0.2) is 0 Å². The number of hydrogen-bond donors (Lipinski definition) is 3. The minimum Gasteiger partial charge on any atom is -0.360 e. The van der Waals surface area contributed by atoms with E-state index in [9.17, 15) is 9.59 Å². The quantitative estimate of drug-likeness (QED) is 0.646.